The number of nitrogens with zero attached hydrogens (tertiary/aromatic N) is 3. The normalized spacial score (nSPS) is 20.5. The standard InChI is InChI=1S/C75H58ClN3O17S2.ClH/c76-54-40-25-43-56(44-54)79-74(77-55-41-23-8-24-42-55)97-98-75(79)78-65-63(94-71(85)52-36-19-6-20-37-52)61(92-69(83)50-32-15-4-16-33-50)60(57(89-65)45-87-66(80)47-26-9-1-10-27-47)96-73-64(95-72(86)53-38-21-7-22-39-53)62(93-70(84)51-34-17-5-18-35-51)59(91-68(82)49-30-13-3-14-31-49)58(90-73)46-88-67(81)48-28-11-2-12-29-48;/h1-44,57-65,73H,45-46H2;1H/b77-74?,78-75+;/t57-,58-,59+,60-,61+,62+,63-,64-,65-,73+;/m1./s1. The maximum absolute atomic E-state index is 15.1. The molecule has 12 rings (SSSR count). The summed E-state index contributed by atoms with van der Waals surface area (Å²) in [5, 5.41) is 0.367. The van der Waals surface area contributed by atoms with Gasteiger partial charge < -0.3 is 47.4 Å². The molecule has 9 aromatic carbocycles. The second-order valence-corrected chi connectivity index (χ2v) is 24.4. The van der Waals surface area contributed by atoms with Crippen LogP contribution in [-0.4, -0.2) is 121 Å². The van der Waals surface area contributed by atoms with Crippen LogP contribution in [0.25, 0.3) is 5.69 Å². The molecule has 0 spiro atoms. The molecular weight excluding hydrogens is 1350 g/mol. The van der Waals surface area contributed by atoms with E-state index < -0.39 is 116 Å². The van der Waals surface area contributed by atoms with Gasteiger partial charge in [-0.05, 0) is 136 Å². The first kappa shape index (κ1) is 69.7. The number of hydrogen-bond acceptors (Lipinski definition) is 21. The lowest BCUT2D eigenvalue weighted by Gasteiger charge is -2.48. The van der Waals surface area contributed by atoms with E-state index in [-0.39, 0.29) is 56.2 Å². The van der Waals surface area contributed by atoms with Gasteiger partial charge in [-0.15, -0.1) is 12.4 Å². The highest BCUT2D eigenvalue weighted by Crippen LogP contribution is 2.38. The number of aromatic nitrogens is 1. The van der Waals surface area contributed by atoms with Crippen LogP contribution in [0, 0.1) is 0 Å². The summed E-state index contributed by atoms with van der Waals surface area (Å²) < 4.78 is 67.4. The molecule has 10 aromatic rings. The Hall–Kier alpha value is -10.7. The maximum atomic E-state index is 15.1. The molecule has 0 amide bonds. The highest BCUT2D eigenvalue weighted by Gasteiger charge is 2.58. The minimum Gasteiger partial charge on any atom is -0.459 e. The van der Waals surface area contributed by atoms with Gasteiger partial charge in [-0.2, -0.15) is 0 Å². The van der Waals surface area contributed by atoms with E-state index in [1.54, 1.807) is 156 Å². The van der Waals surface area contributed by atoms with E-state index in [9.17, 15) is 28.8 Å². The zero-order chi connectivity index (χ0) is 67.7. The van der Waals surface area contributed by atoms with Crippen molar-refractivity contribution < 1.29 is 80.9 Å². The van der Waals surface area contributed by atoms with Crippen LogP contribution in [-0.2, 0) is 47.4 Å². The molecule has 0 N–H and O–H groups in total. The molecule has 1 aromatic heterocycles. The van der Waals surface area contributed by atoms with E-state index in [0.717, 1.165) is 10.3 Å². The topological polar surface area (TPSA) is 241 Å². The van der Waals surface area contributed by atoms with Crippen LogP contribution >= 0.6 is 44.7 Å². The minimum absolute atomic E-state index is 0. The van der Waals surface area contributed by atoms with Gasteiger partial charge in [0.2, 0.25) is 9.60 Å². The highest BCUT2D eigenvalue weighted by molar-refractivity contribution is 7.67. The molecule has 502 valence electrons. The summed E-state index contributed by atoms with van der Waals surface area (Å²) >= 11 is 6.69. The lowest BCUT2D eigenvalue weighted by atomic mass is 9.95. The van der Waals surface area contributed by atoms with E-state index >= 15 is 4.79 Å². The zero-order valence-corrected chi connectivity index (χ0v) is 55.2. The number of benzene rings is 9. The van der Waals surface area contributed by atoms with E-state index in [1.165, 1.54) is 95.3 Å². The summed E-state index contributed by atoms with van der Waals surface area (Å²) in [5.74, 6) is -6.67. The monoisotopic (exact) mass is 1410 g/mol. The first-order valence-electron chi connectivity index (χ1n) is 30.7. The van der Waals surface area contributed by atoms with Gasteiger partial charge in [0, 0.05) is 5.02 Å². The average molecular weight is 1410 g/mol. The SMILES string of the molecule is Cl.O=C(OC[C@H]1O[C@@H](O[C@H]2[C@H](OC(=O)c3ccccc3)[C@@H](OC(=O)c3ccccc3)[C@H](/N=c3/ssc(=Nc4ccccc4)n3-c3cccc(Cl)c3)O[C@@H]2COC(=O)c2ccccc2)[C@H](OC(=O)c2ccccc2)[C@@H](OC(=O)c2ccccc2)[C@H]1OC(=O)c1ccccc1)c1ccccc1. The van der Waals surface area contributed by atoms with Gasteiger partial charge in [-0.3, -0.25) is 4.57 Å². The Bertz CT molecular complexity index is 4540. The molecule has 24 heteroatoms. The molecule has 0 unspecified atom stereocenters. The van der Waals surface area contributed by atoms with Gasteiger partial charge in [-0.25, -0.2) is 43.5 Å². The van der Waals surface area contributed by atoms with Crippen LogP contribution in [0.2, 0.25) is 5.02 Å². The largest absolute Gasteiger partial charge is 0.459 e. The van der Waals surface area contributed by atoms with Crippen LogP contribution in [0.1, 0.15) is 72.5 Å². The van der Waals surface area contributed by atoms with Crippen LogP contribution in [0.4, 0.5) is 5.69 Å². The second-order valence-electron chi connectivity index (χ2n) is 21.9. The minimum atomic E-state index is -2.12. The van der Waals surface area contributed by atoms with Crippen molar-refractivity contribution in [2.75, 3.05) is 13.2 Å². The Balaban J connectivity index is 0.00000990. The number of hydrogen-bond donors (Lipinski definition) is 0. The summed E-state index contributed by atoms with van der Waals surface area (Å²) in [5.41, 5.74) is 1.41. The molecule has 2 saturated heterocycles. The van der Waals surface area contributed by atoms with E-state index in [1.807, 2.05) is 30.3 Å². The number of carbonyl (C=O) groups is 7. The summed E-state index contributed by atoms with van der Waals surface area (Å²) in [6.07, 6.45) is -18.8. The number of halogens is 2. The molecule has 2 aliphatic rings. The van der Waals surface area contributed by atoms with E-state index in [2.05, 4.69) is 0 Å². The molecule has 99 heavy (non-hydrogen) atoms. The van der Waals surface area contributed by atoms with Gasteiger partial charge in [0.25, 0.3) is 0 Å². The Morgan fingerprint density at radius 1 is 0.374 bits per heavy atom. The smallest absolute Gasteiger partial charge is 0.338 e. The molecule has 10 atom stereocenters. The van der Waals surface area contributed by atoms with Crippen molar-refractivity contribution in [3.8, 4) is 5.69 Å². The number of esters is 7. The van der Waals surface area contributed by atoms with Crippen LogP contribution in [0.5, 0.6) is 0 Å². The fraction of sp³-hybridized carbons (Fsp3) is 0.160. The van der Waals surface area contributed by atoms with Gasteiger partial charge >= 0.3 is 41.8 Å². The van der Waals surface area contributed by atoms with Crippen molar-refractivity contribution in [1.82, 2.24) is 4.57 Å². The van der Waals surface area contributed by atoms with E-state index in [4.69, 9.17) is 69.0 Å². The Labute approximate surface area is 584 Å². The highest BCUT2D eigenvalue weighted by atomic mass is 35.5. The molecule has 2 fully saturated rings. The molecule has 0 bridgehead atoms. The molecular formula is C75H59Cl2N3O17S2. The molecule has 0 saturated carbocycles. The fourth-order valence-electron chi connectivity index (χ4n) is 10.6. The predicted octanol–water partition coefficient (Wildman–Crippen LogP) is 12.5. The third kappa shape index (κ3) is 17.5. The van der Waals surface area contributed by atoms with Crippen LogP contribution < -0.4 is 9.60 Å². The van der Waals surface area contributed by atoms with Crippen LogP contribution in [0.15, 0.2) is 277 Å². The third-order valence-electron chi connectivity index (χ3n) is 15.4. The first-order chi connectivity index (χ1) is 47.9. The van der Waals surface area contributed by atoms with Gasteiger partial charge in [0.05, 0.1) is 50.3 Å². The summed E-state index contributed by atoms with van der Waals surface area (Å²) in [7, 11) is 2.39. The Morgan fingerprint density at radius 2 is 0.717 bits per heavy atom. The van der Waals surface area contributed by atoms with Crippen molar-refractivity contribution >= 4 is 92.2 Å². The predicted molar refractivity (Wildman–Crippen MR) is 365 cm³/mol. The maximum Gasteiger partial charge on any atom is 0.338 e. The molecule has 0 aliphatic carbocycles. The third-order valence-corrected chi connectivity index (χ3v) is 17.7. The quantitative estimate of drug-likeness (QED) is 0.0369. The molecule has 20 nitrogen and oxygen atoms in total. The van der Waals surface area contributed by atoms with Crippen molar-refractivity contribution in [1.29, 1.82) is 0 Å². The first-order valence-corrected chi connectivity index (χ1v) is 33.3. The van der Waals surface area contributed by atoms with Gasteiger partial charge in [0.1, 0.15) is 31.5 Å². The average Bonchev–Trinajstić information content (AvgIpc) is 1.63. The molecule has 2 aliphatic heterocycles. The Kier molecular flexibility index (Phi) is 23.6. The molecule has 3 heterocycles. The van der Waals surface area contributed by atoms with Gasteiger partial charge in [-0.1, -0.05) is 163 Å². The fourth-order valence-corrected chi connectivity index (χ4v) is 13.0. The number of carbonyl (C=O) groups excluding carboxylic acids is 7. The van der Waals surface area contributed by atoms with Crippen molar-refractivity contribution in [2.45, 2.75) is 61.3 Å². The van der Waals surface area contributed by atoms with Crippen molar-refractivity contribution in [3.63, 3.8) is 0 Å². The lowest BCUT2D eigenvalue weighted by Crippen LogP contribution is -2.67. The van der Waals surface area contributed by atoms with Crippen molar-refractivity contribution in [3.05, 3.63) is 320 Å². The lowest BCUT2D eigenvalue weighted by molar-refractivity contribution is -0.338. The van der Waals surface area contributed by atoms with Gasteiger partial charge in [0.15, 0.2) is 43.0 Å². The zero-order valence-electron chi connectivity index (χ0n) is 52.0. The Morgan fingerprint density at radius 3 is 1.13 bits per heavy atom. The summed E-state index contributed by atoms with van der Waals surface area (Å²) in [6, 6.07) is 71.0. The van der Waals surface area contributed by atoms with E-state index in [0.29, 0.717) is 21.2 Å². The molecule has 0 radical (unpaired) electrons. The number of para-hydroxylation sites is 1. The van der Waals surface area contributed by atoms with Crippen LogP contribution in [0.3, 0.4) is 0 Å². The summed E-state index contributed by atoms with van der Waals surface area (Å²) in [6.45, 7) is -1.52. The number of rotatable bonds is 21. The second kappa shape index (κ2) is 33.5. The number of ether oxygens (including phenoxy) is 10. The summed E-state index contributed by atoms with van der Waals surface area (Å²) in [4.78, 5) is 113. The van der Waals surface area contributed by atoms with Crippen molar-refractivity contribution in [2.24, 2.45) is 9.98 Å².